The summed E-state index contributed by atoms with van der Waals surface area (Å²) in [6.07, 6.45) is 7.39. The molecule has 4 nitrogen and oxygen atoms in total. The molecule has 0 heterocycles. The molecule has 1 unspecified atom stereocenters. The van der Waals surface area contributed by atoms with Crippen molar-refractivity contribution in [2.24, 2.45) is 0 Å². The molecule has 6 heteroatoms. The number of nitrogens with zero attached hydrogens (tertiary/aromatic N) is 1. The predicted molar refractivity (Wildman–Crippen MR) is 122 cm³/mol. The number of aryl methyl sites for hydroxylation is 1. The number of nitrogens with one attached hydrogen (secondary N) is 1. The second kappa shape index (κ2) is 9.86. The summed E-state index contributed by atoms with van der Waals surface area (Å²) < 4.78 is 13.7. The first-order chi connectivity index (χ1) is 15.0. The van der Waals surface area contributed by atoms with E-state index in [1.165, 1.54) is 43.2 Å². The molecule has 1 atom stereocenters. The lowest BCUT2D eigenvalue weighted by atomic mass is 9.94. The first-order valence-corrected chi connectivity index (χ1v) is 12.1. The summed E-state index contributed by atoms with van der Waals surface area (Å²) in [5, 5.41) is 3.07. The lowest BCUT2D eigenvalue weighted by molar-refractivity contribution is -0.129. The smallest absolute Gasteiger partial charge is 0.252 e. The van der Waals surface area contributed by atoms with Gasteiger partial charge in [-0.05, 0) is 61.1 Å². The lowest BCUT2D eigenvalue weighted by Gasteiger charge is -2.31. The summed E-state index contributed by atoms with van der Waals surface area (Å²) in [6.45, 7) is 0. The van der Waals surface area contributed by atoms with Crippen LogP contribution in [0.5, 0.6) is 0 Å². The van der Waals surface area contributed by atoms with E-state index < -0.39 is 0 Å². The van der Waals surface area contributed by atoms with Gasteiger partial charge in [0.1, 0.15) is 5.82 Å². The fourth-order valence-corrected chi connectivity index (χ4v) is 5.63. The Morgan fingerprint density at radius 2 is 1.87 bits per heavy atom. The van der Waals surface area contributed by atoms with Gasteiger partial charge in [0.25, 0.3) is 5.91 Å². The highest BCUT2D eigenvalue weighted by molar-refractivity contribution is 8.00. The number of halogens is 1. The quantitative estimate of drug-likeness (QED) is 0.634. The van der Waals surface area contributed by atoms with Gasteiger partial charge in [-0.15, -0.1) is 11.8 Å². The summed E-state index contributed by atoms with van der Waals surface area (Å²) >= 11 is 1.41. The summed E-state index contributed by atoms with van der Waals surface area (Å²) in [4.78, 5) is 28.4. The van der Waals surface area contributed by atoms with E-state index >= 15 is 0 Å². The molecule has 0 saturated heterocycles. The number of fused-ring (bicyclic) bond motifs is 1. The van der Waals surface area contributed by atoms with Crippen LogP contribution in [-0.4, -0.2) is 35.6 Å². The highest BCUT2D eigenvalue weighted by atomic mass is 32.2. The van der Waals surface area contributed by atoms with E-state index in [0.717, 1.165) is 41.7 Å². The van der Waals surface area contributed by atoms with Crippen LogP contribution in [0.4, 0.5) is 4.39 Å². The second-order valence-electron chi connectivity index (χ2n) is 8.49. The molecule has 1 fully saturated rings. The van der Waals surface area contributed by atoms with Gasteiger partial charge in [-0.2, -0.15) is 0 Å². The van der Waals surface area contributed by atoms with Crippen molar-refractivity contribution < 1.29 is 14.0 Å². The molecule has 2 aliphatic rings. The van der Waals surface area contributed by atoms with Crippen LogP contribution in [0, 0.1) is 5.82 Å². The van der Waals surface area contributed by atoms with Gasteiger partial charge in [-0.3, -0.25) is 9.59 Å². The Kier molecular flexibility index (Phi) is 6.96. The minimum Gasteiger partial charge on any atom is -0.345 e. The summed E-state index contributed by atoms with van der Waals surface area (Å²) in [5.41, 5.74) is 2.51. The molecule has 1 saturated carbocycles. The second-order valence-corrected chi connectivity index (χ2v) is 9.51. The van der Waals surface area contributed by atoms with Gasteiger partial charge in [0.15, 0.2) is 0 Å². The van der Waals surface area contributed by atoms with E-state index in [1.54, 1.807) is 12.1 Å². The van der Waals surface area contributed by atoms with Gasteiger partial charge >= 0.3 is 0 Å². The van der Waals surface area contributed by atoms with Crippen LogP contribution in [0.3, 0.4) is 0 Å². The molecule has 0 radical (unpaired) electrons. The molecule has 2 amide bonds. The number of hydrogen-bond acceptors (Lipinski definition) is 3. The highest BCUT2D eigenvalue weighted by Crippen LogP contribution is 2.32. The Hall–Kier alpha value is -2.34. The number of hydrogen-bond donors (Lipinski definition) is 1. The van der Waals surface area contributed by atoms with E-state index in [9.17, 15) is 14.0 Å². The fraction of sp³-hybridized carbons (Fsp3) is 0.440. The Balaban J connectivity index is 1.40. The van der Waals surface area contributed by atoms with Crippen molar-refractivity contribution in [2.75, 3.05) is 12.8 Å². The highest BCUT2D eigenvalue weighted by Gasteiger charge is 2.26. The maximum atomic E-state index is 13.7. The van der Waals surface area contributed by atoms with E-state index in [1.807, 2.05) is 30.1 Å². The monoisotopic (exact) mass is 440 g/mol. The number of carbonyl (C=O) groups excluding carboxylic acids is 2. The van der Waals surface area contributed by atoms with Crippen molar-refractivity contribution in [3.63, 3.8) is 0 Å². The topological polar surface area (TPSA) is 49.4 Å². The molecule has 2 aliphatic carbocycles. The van der Waals surface area contributed by atoms with Crippen molar-refractivity contribution in [2.45, 2.75) is 61.9 Å². The zero-order valence-electron chi connectivity index (χ0n) is 17.9. The third-order valence-electron chi connectivity index (χ3n) is 6.49. The van der Waals surface area contributed by atoms with Gasteiger partial charge in [0.05, 0.1) is 17.4 Å². The number of thioether (sulfide) groups is 1. The van der Waals surface area contributed by atoms with Crippen molar-refractivity contribution in [1.29, 1.82) is 0 Å². The van der Waals surface area contributed by atoms with Gasteiger partial charge in [-0.1, -0.05) is 37.5 Å². The van der Waals surface area contributed by atoms with Crippen LogP contribution in [0.15, 0.2) is 47.4 Å². The van der Waals surface area contributed by atoms with E-state index in [2.05, 4.69) is 5.32 Å². The Labute approximate surface area is 187 Å². The molecule has 31 heavy (non-hydrogen) atoms. The maximum Gasteiger partial charge on any atom is 0.252 e. The zero-order chi connectivity index (χ0) is 21.8. The molecule has 1 N–H and O–H groups in total. The molecule has 0 aliphatic heterocycles. The van der Waals surface area contributed by atoms with Crippen LogP contribution in [0.2, 0.25) is 0 Å². The largest absolute Gasteiger partial charge is 0.345 e. The van der Waals surface area contributed by atoms with Crippen LogP contribution in [0.25, 0.3) is 0 Å². The molecule has 0 spiro atoms. The first-order valence-electron chi connectivity index (χ1n) is 11.1. The molecular formula is C25H29FN2O2S. The van der Waals surface area contributed by atoms with Gasteiger partial charge in [0.2, 0.25) is 5.91 Å². The van der Waals surface area contributed by atoms with Crippen LogP contribution in [0.1, 0.15) is 66.1 Å². The molecule has 164 valence electrons. The number of carbonyl (C=O) groups is 2. The van der Waals surface area contributed by atoms with E-state index in [0.29, 0.717) is 17.4 Å². The van der Waals surface area contributed by atoms with Gasteiger partial charge in [0, 0.05) is 18.0 Å². The fourth-order valence-electron chi connectivity index (χ4n) is 4.65. The van der Waals surface area contributed by atoms with Crippen LogP contribution in [-0.2, 0) is 11.2 Å². The van der Waals surface area contributed by atoms with E-state index in [-0.39, 0.29) is 23.7 Å². The summed E-state index contributed by atoms with van der Waals surface area (Å²) in [5.74, 6) is -0.0450. The summed E-state index contributed by atoms with van der Waals surface area (Å²) in [7, 11) is 1.90. The van der Waals surface area contributed by atoms with Crippen LogP contribution >= 0.6 is 11.8 Å². The van der Waals surface area contributed by atoms with Gasteiger partial charge < -0.3 is 10.2 Å². The molecule has 2 aromatic carbocycles. The third-order valence-corrected chi connectivity index (χ3v) is 7.55. The summed E-state index contributed by atoms with van der Waals surface area (Å²) in [6, 6.07) is 12.3. The zero-order valence-corrected chi connectivity index (χ0v) is 18.7. The normalized spacial score (nSPS) is 18.5. The Bertz CT molecular complexity index is 958. The third kappa shape index (κ3) is 5.12. The Morgan fingerprint density at radius 3 is 2.68 bits per heavy atom. The molecular weight excluding hydrogens is 411 g/mol. The SMILES string of the molecule is CN(C(=O)CSc1ccccc1C(=O)NC1CCc2ccc(F)cc21)C1CCCCC1. The predicted octanol–water partition coefficient (Wildman–Crippen LogP) is 5.13. The van der Waals surface area contributed by atoms with Gasteiger partial charge in [-0.25, -0.2) is 4.39 Å². The molecule has 0 aromatic heterocycles. The average molecular weight is 441 g/mol. The van der Waals surface area contributed by atoms with Crippen molar-refractivity contribution in [3.8, 4) is 0 Å². The number of benzene rings is 2. The van der Waals surface area contributed by atoms with Crippen molar-refractivity contribution in [1.82, 2.24) is 10.2 Å². The standard InChI is InChI=1S/C25H29FN2O2S/c1-28(19-7-3-2-4-8-19)24(29)16-31-23-10-6-5-9-20(23)25(30)27-22-14-12-17-11-13-18(26)15-21(17)22/h5-6,9-11,13,15,19,22H,2-4,7-8,12,14,16H2,1H3,(H,27,30). The van der Waals surface area contributed by atoms with E-state index in [4.69, 9.17) is 0 Å². The maximum absolute atomic E-state index is 13.7. The average Bonchev–Trinajstić information content (AvgIpc) is 3.19. The number of amides is 2. The molecule has 2 aromatic rings. The molecule has 0 bridgehead atoms. The van der Waals surface area contributed by atoms with Crippen molar-refractivity contribution >= 4 is 23.6 Å². The minimum absolute atomic E-state index is 0.104. The lowest BCUT2D eigenvalue weighted by Crippen LogP contribution is -2.39. The first kappa shape index (κ1) is 21.9. The van der Waals surface area contributed by atoms with Crippen LogP contribution < -0.4 is 5.32 Å². The minimum atomic E-state index is -0.281. The molecule has 4 rings (SSSR count). The number of rotatable bonds is 6. The Morgan fingerprint density at radius 1 is 1.10 bits per heavy atom. The van der Waals surface area contributed by atoms with Crippen molar-refractivity contribution in [3.05, 3.63) is 65.0 Å².